The highest BCUT2D eigenvalue weighted by atomic mass is 16.2. The number of fused-ring (bicyclic) bond motifs is 1. The molecular formula is C14H21N3O. The normalized spacial score (nSPS) is 14.7. The van der Waals surface area contributed by atoms with Gasteiger partial charge < -0.3 is 15.5 Å². The number of anilines is 2. The number of hydrogen-bond donors (Lipinski definition) is 1. The molecule has 1 aromatic carbocycles. The quantitative estimate of drug-likeness (QED) is 0.823. The molecule has 2 N–H and O–H groups in total. The van der Waals surface area contributed by atoms with Crippen LogP contribution in [0.25, 0.3) is 0 Å². The van der Waals surface area contributed by atoms with Crippen molar-refractivity contribution in [1.82, 2.24) is 4.90 Å². The third kappa shape index (κ3) is 2.64. The number of carbonyl (C=O) groups is 1. The summed E-state index contributed by atoms with van der Waals surface area (Å²) >= 11 is 0. The lowest BCUT2D eigenvalue weighted by molar-refractivity contribution is -0.118. The van der Waals surface area contributed by atoms with E-state index in [9.17, 15) is 4.79 Å². The largest absolute Gasteiger partial charge is 0.398 e. The van der Waals surface area contributed by atoms with Crippen LogP contribution in [0.15, 0.2) is 18.2 Å². The molecule has 0 saturated heterocycles. The molecule has 0 fully saturated rings. The minimum Gasteiger partial charge on any atom is -0.398 e. The molecule has 0 aliphatic carbocycles. The first-order valence-electron chi connectivity index (χ1n) is 6.42. The minimum absolute atomic E-state index is 0.190. The zero-order valence-electron chi connectivity index (χ0n) is 11.1. The van der Waals surface area contributed by atoms with Crippen LogP contribution in [0.1, 0.15) is 18.4 Å². The number of hydrogen-bond acceptors (Lipinski definition) is 3. The smallest absolute Gasteiger partial charge is 0.228 e. The van der Waals surface area contributed by atoms with Gasteiger partial charge in [0.15, 0.2) is 0 Å². The monoisotopic (exact) mass is 247 g/mol. The van der Waals surface area contributed by atoms with Crippen molar-refractivity contribution in [3.8, 4) is 0 Å². The fourth-order valence-electron chi connectivity index (χ4n) is 2.36. The highest BCUT2D eigenvalue weighted by Crippen LogP contribution is 2.31. The van der Waals surface area contributed by atoms with Gasteiger partial charge in [-0.1, -0.05) is 6.07 Å². The predicted molar refractivity (Wildman–Crippen MR) is 74.7 cm³/mol. The number of rotatable bonds is 3. The van der Waals surface area contributed by atoms with E-state index in [1.54, 1.807) is 0 Å². The Morgan fingerprint density at radius 1 is 1.44 bits per heavy atom. The lowest BCUT2D eigenvalue weighted by Crippen LogP contribution is -2.37. The molecule has 0 saturated carbocycles. The van der Waals surface area contributed by atoms with Crippen molar-refractivity contribution in [2.75, 3.05) is 37.8 Å². The molecular weight excluding hydrogens is 226 g/mol. The maximum atomic E-state index is 12.2. The van der Waals surface area contributed by atoms with E-state index in [0.29, 0.717) is 6.42 Å². The zero-order valence-corrected chi connectivity index (χ0v) is 11.1. The second-order valence-corrected chi connectivity index (χ2v) is 5.05. The topological polar surface area (TPSA) is 49.6 Å². The second kappa shape index (κ2) is 5.40. The van der Waals surface area contributed by atoms with E-state index in [1.165, 1.54) is 0 Å². The molecule has 4 nitrogen and oxygen atoms in total. The summed E-state index contributed by atoms with van der Waals surface area (Å²) in [6, 6.07) is 5.83. The maximum absolute atomic E-state index is 12.2. The van der Waals surface area contributed by atoms with E-state index in [1.807, 2.05) is 42.1 Å². The Morgan fingerprint density at radius 3 is 2.94 bits per heavy atom. The SMILES string of the molecule is CN(C)CCC(=O)N1CCCc2c(N)cccc21. The van der Waals surface area contributed by atoms with Crippen LogP contribution in [-0.2, 0) is 11.2 Å². The molecule has 0 unspecified atom stereocenters. The molecule has 1 aliphatic heterocycles. The van der Waals surface area contributed by atoms with Gasteiger partial charge in [0.05, 0.1) is 0 Å². The Hall–Kier alpha value is -1.55. The molecule has 0 bridgehead atoms. The number of nitrogen functional groups attached to an aromatic ring is 1. The van der Waals surface area contributed by atoms with Gasteiger partial charge in [-0.05, 0) is 44.6 Å². The molecule has 0 spiro atoms. The van der Waals surface area contributed by atoms with Gasteiger partial charge in [-0.15, -0.1) is 0 Å². The number of amides is 1. The van der Waals surface area contributed by atoms with Gasteiger partial charge in [0.2, 0.25) is 5.91 Å². The predicted octanol–water partition coefficient (Wildman–Crippen LogP) is 1.50. The van der Waals surface area contributed by atoms with Gasteiger partial charge in [0.1, 0.15) is 0 Å². The summed E-state index contributed by atoms with van der Waals surface area (Å²) in [6.45, 7) is 1.59. The standard InChI is InChI=1S/C14H21N3O/c1-16(2)10-8-14(18)17-9-4-5-11-12(15)6-3-7-13(11)17/h3,6-7H,4-5,8-10,15H2,1-2H3. The Kier molecular flexibility index (Phi) is 3.87. The van der Waals surface area contributed by atoms with Crippen LogP contribution in [0.5, 0.6) is 0 Å². The summed E-state index contributed by atoms with van der Waals surface area (Å²) in [5.41, 5.74) is 8.91. The van der Waals surface area contributed by atoms with Crippen molar-refractivity contribution in [3.63, 3.8) is 0 Å². The molecule has 2 rings (SSSR count). The van der Waals surface area contributed by atoms with Crippen LogP contribution in [0.2, 0.25) is 0 Å². The first-order valence-corrected chi connectivity index (χ1v) is 6.42. The van der Waals surface area contributed by atoms with Crippen molar-refractivity contribution < 1.29 is 4.79 Å². The molecule has 4 heteroatoms. The number of benzene rings is 1. The number of nitrogens with zero attached hydrogens (tertiary/aromatic N) is 2. The van der Waals surface area contributed by atoms with Gasteiger partial charge in [-0.25, -0.2) is 0 Å². The average Bonchev–Trinajstić information content (AvgIpc) is 2.36. The number of nitrogens with two attached hydrogens (primary N) is 1. The van der Waals surface area contributed by atoms with Gasteiger partial charge in [0, 0.05) is 30.9 Å². The van der Waals surface area contributed by atoms with Crippen molar-refractivity contribution >= 4 is 17.3 Å². The maximum Gasteiger partial charge on any atom is 0.228 e. The van der Waals surface area contributed by atoms with Crippen LogP contribution in [0.4, 0.5) is 11.4 Å². The third-order valence-electron chi connectivity index (χ3n) is 3.36. The summed E-state index contributed by atoms with van der Waals surface area (Å²) in [4.78, 5) is 16.2. The van der Waals surface area contributed by atoms with Crippen molar-refractivity contribution in [2.45, 2.75) is 19.3 Å². The summed E-state index contributed by atoms with van der Waals surface area (Å²) in [7, 11) is 3.96. The molecule has 18 heavy (non-hydrogen) atoms. The molecule has 1 amide bonds. The van der Waals surface area contributed by atoms with E-state index in [-0.39, 0.29) is 5.91 Å². The minimum atomic E-state index is 0.190. The highest BCUT2D eigenvalue weighted by molar-refractivity contribution is 5.95. The van der Waals surface area contributed by atoms with Crippen LogP contribution in [0, 0.1) is 0 Å². The van der Waals surface area contributed by atoms with E-state index in [4.69, 9.17) is 5.73 Å². The van der Waals surface area contributed by atoms with Gasteiger partial charge in [-0.3, -0.25) is 4.79 Å². The summed E-state index contributed by atoms with van der Waals surface area (Å²) < 4.78 is 0. The Balaban J connectivity index is 2.17. The van der Waals surface area contributed by atoms with E-state index < -0.39 is 0 Å². The van der Waals surface area contributed by atoms with Gasteiger partial charge in [-0.2, -0.15) is 0 Å². The average molecular weight is 247 g/mol. The molecule has 1 aliphatic rings. The Bertz CT molecular complexity index is 443. The second-order valence-electron chi connectivity index (χ2n) is 5.05. The molecule has 1 heterocycles. The van der Waals surface area contributed by atoms with Crippen LogP contribution >= 0.6 is 0 Å². The van der Waals surface area contributed by atoms with E-state index in [2.05, 4.69) is 0 Å². The van der Waals surface area contributed by atoms with Gasteiger partial charge in [0.25, 0.3) is 0 Å². The fraction of sp³-hybridized carbons (Fsp3) is 0.500. The van der Waals surface area contributed by atoms with E-state index in [0.717, 1.165) is 42.9 Å². The van der Waals surface area contributed by atoms with Crippen molar-refractivity contribution in [2.24, 2.45) is 0 Å². The molecule has 0 atom stereocenters. The molecule has 0 radical (unpaired) electrons. The van der Waals surface area contributed by atoms with Crippen molar-refractivity contribution in [3.05, 3.63) is 23.8 Å². The highest BCUT2D eigenvalue weighted by Gasteiger charge is 2.23. The summed E-state index contributed by atoms with van der Waals surface area (Å²) in [5.74, 6) is 0.190. The first kappa shape index (κ1) is 12.9. The number of carbonyl (C=O) groups excluding carboxylic acids is 1. The van der Waals surface area contributed by atoms with E-state index >= 15 is 0 Å². The van der Waals surface area contributed by atoms with Gasteiger partial charge >= 0.3 is 0 Å². The van der Waals surface area contributed by atoms with Crippen LogP contribution in [0.3, 0.4) is 0 Å². The van der Waals surface area contributed by atoms with Crippen molar-refractivity contribution in [1.29, 1.82) is 0 Å². The summed E-state index contributed by atoms with van der Waals surface area (Å²) in [6.07, 6.45) is 2.52. The molecule has 98 valence electrons. The zero-order chi connectivity index (χ0) is 13.1. The lowest BCUT2D eigenvalue weighted by atomic mass is 9.99. The Labute approximate surface area is 108 Å². The molecule has 1 aromatic rings. The molecule has 0 aromatic heterocycles. The third-order valence-corrected chi connectivity index (χ3v) is 3.36. The summed E-state index contributed by atoms with van der Waals surface area (Å²) in [5, 5.41) is 0. The fourth-order valence-corrected chi connectivity index (χ4v) is 2.36. The van der Waals surface area contributed by atoms with Crippen LogP contribution in [-0.4, -0.2) is 38.0 Å². The van der Waals surface area contributed by atoms with Crippen LogP contribution < -0.4 is 10.6 Å². The Morgan fingerprint density at radius 2 is 2.22 bits per heavy atom. The first-order chi connectivity index (χ1) is 8.59. The lowest BCUT2D eigenvalue weighted by Gasteiger charge is -2.30.